The zero-order valence-corrected chi connectivity index (χ0v) is 9.97. The molecule has 0 amide bonds. The summed E-state index contributed by atoms with van der Waals surface area (Å²) in [5.74, 6) is 0.0640. The minimum absolute atomic E-state index is 0.0640. The summed E-state index contributed by atoms with van der Waals surface area (Å²) in [6, 6.07) is 7.40. The molecule has 4 heteroatoms. The molecule has 0 radical (unpaired) electrons. The van der Waals surface area contributed by atoms with Gasteiger partial charge in [0.1, 0.15) is 5.69 Å². The molecule has 0 unspecified atom stereocenters. The van der Waals surface area contributed by atoms with Gasteiger partial charge in [-0.1, -0.05) is 12.1 Å². The maximum Gasteiger partial charge on any atom is 0.185 e. The largest absolute Gasteiger partial charge is 0.399 e. The second-order valence-corrected chi connectivity index (χ2v) is 4.13. The number of nitrogens with zero attached hydrogens (tertiary/aromatic N) is 2. The summed E-state index contributed by atoms with van der Waals surface area (Å²) in [5, 5.41) is 3.99. The molecule has 17 heavy (non-hydrogen) atoms. The van der Waals surface area contributed by atoms with Gasteiger partial charge in [-0.15, -0.1) is 0 Å². The summed E-state index contributed by atoms with van der Waals surface area (Å²) in [5.41, 5.74) is 9.09. The number of carbonyl (C=O) groups excluding carboxylic acids is 1. The van der Waals surface area contributed by atoms with Gasteiger partial charge in [0, 0.05) is 25.4 Å². The summed E-state index contributed by atoms with van der Waals surface area (Å²) >= 11 is 0. The van der Waals surface area contributed by atoms with E-state index in [0.29, 0.717) is 12.1 Å². The van der Waals surface area contributed by atoms with E-state index in [0.717, 1.165) is 16.8 Å². The van der Waals surface area contributed by atoms with Gasteiger partial charge in [0.25, 0.3) is 0 Å². The maximum absolute atomic E-state index is 12.0. The summed E-state index contributed by atoms with van der Waals surface area (Å²) in [7, 11) is 1.77. The molecule has 0 atom stereocenters. The molecule has 0 aliphatic rings. The number of aromatic nitrogens is 2. The second-order valence-electron chi connectivity index (χ2n) is 4.13. The van der Waals surface area contributed by atoms with Gasteiger partial charge in [0.15, 0.2) is 5.78 Å². The smallest absolute Gasteiger partial charge is 0.185 e. The van der Waals surface area contributed by atoms with Crippen LogP contribution in [-0.4, -0.2) is 15.6 Å². The number of aryl methyl sites for hydroxylation is 2. The summed E-state index contributed by atoms with van der Waals surface area (Å²) in [4.78, 5) is 12.0. The predicted octanol–water partition coefficient (Wildman–Crippen LogP) is 1.74. The van der Waals surface area contributed by atoms with Crippen molar-refractivity contribution in [3.05, 3.63) is 47.3 Å². The molecular weight excluding hydrogens is 214 g/mol. The molecular formula is C13H15N3O. The Balaban J connectivity index is 2.19. The third-order valence-electron chi connectivity index (χ3n) is 2.81. The molecule has 2 N–H and O–H groups in total. The molecule has 0 bridgehead atoms. The molecule has 1 aromatic heterocycles. The van der Waals surface area contributed by atoms with E-state index in [9.17, 15) is 4.79 Å². The Morgan fingerprint density at radius 3 is 2.76 bits per heavy atom. The first-order chi connectivity index (χ1) is 8.08. The number of nitrogen functional groups attached to an aromatic ring is 1. The van der Waals surface area contributed by atoms with Crippen LogP contribution in [0, 0.1) is 6.92 Å². The highest BCUT2D eigenvalue weighted by Gasteiger charge is 2.11. The second kappa shape index (κ2) is 4.41. The molecule has 0 aliphatic heterocycles. The lowest BCUT2D eigenvalue weighted by Gasteiger charge is -2.05. The lowest BCUT2D eigenvalue weighted by atomic mass is 10.0. The maximum atomic E-state index is 12.0. The molecule has 0 saturated heterocycles. The van der Waals surface area contributed by atoms with Crippen LogP contribution < -0.4 is 5.73 Å². The van der Waals surface area contributed by atoms with Crippen LogP contribution >= 0.6 is 0 Å². The van der Waals surface area contributed by atoms with Crippen LogP contribution in [0.15, 0.2) is 30.5 Å². The number of hydrogen-bond donors (Lipinski definition) is 1. The molecule has 1 heterocycles. The highest BCUT2D eigenvalue weighted by molar-refractivity contribution is 5.96. The molecule has 0 aliphatic carbocycles. The van der Waals surface area contributed by atoms with Crippen molar-refractivity contribution in [2.75, 3.05) is 5.73 Å². The Kier molecular flexibility index (Phi) is 2.95. The number of ketones is 1. The Labute approximate surface area is 100 Å². The molecule has 1 aromatic carbocycles. The molecule has 2 aromatic rings. The lowest BCUT2D eigenvalue weighted by Crippen LogP contribution is -2.09. The van der Waals surface area contributed by atoms with Gasteiger partial charge in [-0.05, 0) is 30.2 Å². The van der Waals surface area contributed by atoms with E-state index in [4.69, 9.17) is 5.73 Å². The first kappa shape index (κ1) is 11.4. The van der Waals surface area contributed by atoms with Crippen LogP contribution in [0.3, 0.4) is 0 Å². The molecule has 88 valence electrons. The molecule has 0 spiro atoms. The Morgan fingerprint density at radius 1 is 1.41 bits per heavy atom. The van der Waals surface area contributed by atoms with Crippen LogP contribution in [0.4, 0.5) is 5.69 Å². The van der Waals surface area contributed by atoms with Crippen molar-refractivity contribution in [1.82, 2.24) is 9.78 Å². The average Bonchev–Trinajstić information content (AvgIpc) is 2.70. The van der Waals surface area contributed by atoms with E-state index < -0.39 is 0 Å². The van der Waals surface area contributed by atoms with Gasteiger partial charge in [0.2, 0.25) is 0 Å². The van der Waals surface area contributed by atoms with Crippen molar-refractivity contribution in [3.63, 3.8) is 0 Å². The topological polar surface area (TPSA) is 60.9 Å². The van der Waals surface area contributed by atoms with Crippen LogP contribution in [0.5, 0.6) is 0 Å². The Morgan fingerprint density at radius 2 is 2.18 bits per heavy atom. The van der Waals surface area contributed by atoms with Gasteiger partial charge in [-0.25, -0.2) is 0 Å². The fourth-order valence-corrected chi connectivity index (χ4v) is 1.77. The van der Waals surface area contributed by atoms with E-state index in [-0.39, 0.29) is 5.78 Å². The van der Waals surface area contributed by atoms with Gasteiger partial charge >= 0.3 is 0 Å². The van der Waals surface area contributed by atoms with Gasteiger partial charge < -0.3 is 5.73 Å². The van der Waals surface area contributed by atoms with Gasteiger partial charge in [-0.3, -0.25) is 9.48 Å². The zero-order valence-electron chi connectivity index (χ0n) is 9.97. The van der Waals surface area contributed by atoms with E-state index in [1.165, 1.54) is 0 Å². The quantitative estimate of drug-likeness (QED) is 0.644. The molecule has 2 rings (SSSR count). The van der Waals surface area contributed by atoms with Crippen LogP contribution in [0.25, 0.3) is 0 Å². The number of rotatable bonds is 3. The van der Waals surface area contributed by atoms with E-state index in [2.05, 4.69) is 5.10 Å². The number of nitrogens with two attached hydrogens (primary N) is 1. The Hall–Kier alpha value is -2.10. The SMILES string of the molecule is Cc1cc(CC(=O)c2ccnn2C)ccc1N. The average molecular weight is 229 g/mol. The van der Waals surface area contributed by atoms with Crippen molar-refractivity contribution in [2.24, 2.45) is 7.05 Å². The highest BCUT2D eigenvalue weighted by Crippen LogP contribution is 2.14. The lowest BCUT2D eigenvalue weighted by molar-refractivity contribution is 0.0984. The van der Waals surface area contributed by atoms with Gasteiger partial charge in [0.05, 0.1) is 0 Å². The minimum Gasteiger partial charge on any atom is -0.399 e. The first-order valence-electron chi connectivity index (χ1n) is 5.44. The normalized spacial score (nSPS) is 10.5. The van der Waals surface area contributed by atoms with Crippen LogP contribution in [0.2, 0.25) is 0 Å². The predicted molar refractivity (Wildman–Crippen MR) is 66.8 cm³/mol. The minimum atomic E-state index is 0.0640. The fraction of sp³-hybridized carbons (Fsp3) is 0.231. The van der Waals surface area contributed by atoms with Crippen molar-refractivity contribution in [1.29, 1.82) is 0 Å². The first-order valence-corrected chi connectivity index (χ1v) is 5.44. The van der Waals surface area contributed by atoms with Crippen molar-refractivity contribution < 1.29 is 4.79 Å². The number of hydrogen-bond acceptors (Lipinski definition) is 3. The Bertz CT molecular complexity index is 558. The monoisotopic (exact) mass is 229 g/mol. The van der Waals surface area contributed by atoms with Crippen LogP contribution in [0.1, 0.15) is 21.6 Å². The number of Topliss-reactive ketones (excluding diaryl/α,β-unsaturated/α-hetero) is 1. The zero-order chi connectivity index (χ0) is 12.4. The fourth-order valence-electron chi connectivity index (χ4n) is 1.77. The van der Waals surface area contributed by atoms with Crippen molar-refractivity contribution >= 4 is 11.5 Å². The summed E-state index contributed by atoms with van der Waals surface area (Å²) < 4.78 is 1.59. The number of benzene rings is 1. The molecule has 4 nitrogen and oxygen atoms in total. The number of carbonyl (C=O) groups is 1. The van der Waals surface area contributed by atoms with Gasteiger partial charge in [-0.2, -0.15) is 5.10 Å². The third-order valence-corrected chi connectivity index (χ3v) is 2.81. The highest BCUT2D eigenvalue weighted by atomic mass is 16.1. The molecule has 0 fully saturated rings. The third kappa shape index (κ3) is 2.36. The van der Waals surface area contributed by atoms with Crippen LogP contribution in [-0.2, 0) is 13.5 Å². The van der Waals surface area contributed by atoms with E-state index in [1.807, 2.05) is 25.1 Å². The van der Waals surface area contributed by atoms with Crippen molar-refractivity contribution in [2.45, 2.75) is 13.3 Å². The summed E-state index contributed by atoms with van der Waals surface area (Å²) in [6.45, 7) is 1.94. The standard InChI is InChI=1S/C13H15N3O/c1-9-7-10(3-4-11(9)14)8-13(17)12-5-6-15-16(12)2/h3-7H,8,14H2,1-2H3. The molecule has 0 saturated carbocycles. The van der Waals surface area contributed by atoms with E-state index in [1.54, 1.807) is 24.0 Å². The summed E-state index contributed by atoms with van der Waals surface area (Å²) in [6.07, 6.45) is 2.00. The van der Waals surface area contributed by atoms with Crippen molar-refractivity contribution in [3.8, 4) is 0 Å². The number of anilines is 1. The van der Waals surface area contributed by atoms with E-state index >= 15 is 0 Å².